The SMILES string of the molecule is C=C[C@H]1CN2CCC1C[C@H]2[C@H](O)c1cc(Cc2cccc(F)c2)nc2ccc(OC)cc12. The number of pyridine rings is 1. The Balaban J connectivity index is 1.54. The molecule has 3 saturated heterocycles. The van der Waals surface area contributed by atoms with Crippen LogP contribution in [0.5, 0.6) is 5.75 Å². The monoisotopic (exact) mass is 432 g/mol. The van der Waals surface area contributed by atoms with Crippen LogP contribution >= 0.6 is 0 Å². The highest BCUT2D eigenvalue weighted by Gasteiger charge is 2.42. The Morgan fingerprint density at radius 1 is 1.28 bits per heavy atom. The van der Waals surface area contributed by atoms with Crippen molar-refractivity contribution in [1.82, 2.24) is 9.88 Å². The average molecular weight is 433 g/mol. The lowest BCUT2D eigenvalue weighted by atomic mass is 9.73. The van der Waals surface area contributed by atoms with E-state index in [1.165, 1.54) is 12.1 Å². The van der Waals surface area contributed by atoms with Gasteiger partial charge in [-0.25, -0.2) is 4.39 Å². The van der Waals surface area contributed by atoms with E-state index in [1.54, 1.807) is 13.2 Å². The normalized spacial score (nSPS) is 25.6. The maximum absolute atomic E-state index is 13.7. The van der Waals surface area contributed by atoms with E-state index in [0.717, 1.165) is 59.4 Å². The third kappa shape index (κ3) is 3.91. The lowest BCUT2D eigenvalue weighted by molar-refractivity contribution is -0.0445. The minimum atomic E-state index is -0.632. The molecule has 2 unspecified atom stereocenters. The number of ether oxygens (including phenoxy) is 1. The van der Waals surface area contributed by atoms with E-state index in [0.29, 0.717) is 18.3 Å². The minimum absolute atomic E-state index is 0.0729. The average Bonchev–Trinajstić information content (AvgIpc) is 2.83. The van der Waals surface area contributed by atoms with Gasteiger partial charge in [0.2, 0.25) is 0 Å². The highest BCUT2D eigenvalue weighted by atomic mass is 19.1. The third-order valence-corrected chi connectivity index (χ3v) is 7.21. The number of aliphatic hydroxyl groups is 1. The van der Waals surface area contributed by atoms with E-state index in [1.807, 2.05) is 30.3 Å². The second-order valence-electron chi connectivity index (χ2n) is 9.08. The standard InChI is InChI=1S/C27H29FN2O2/c1-3-18-16-30-10-9-19(18)13-26(30)27(31)24-14-21(12-17-5-4-6-20(28)11-17)29-25-8-7-22(32-2)15-23(24)25/h3-8,11,14-15,18-19,26-27,31H,1,9-10,12-13,16H2,2H3/t18-,19?,26-,27+/m0/s1. The Hall–Kier alpha value is -2.76. The van der Waals surface area contributed by atoms with Gasteiger partial charge in [-0.15, -0.1) is 6.58 Å². The maximum Gasteiger partial charge on any atom is 0.123 e. The van der Waals surface area contributed by atoms with E-state index in [2.05, 4.69) is 17.6 Å². The number of rotatable bonds is 6. The van der Waals surface area contributed by atoms with Gasteiger partial charge in [-0.05, 0) is 78.7 Å². The first-order chi connectivity index (χ1) is 15.6. The van der Waals surface area contributed by atoms with Crippen LogP contribution in [0.25, 0.3) is 10.9 Å². The molecule has 3 aliphatic heterocycles. The van der Waals surface area contributed by atoms with Gasteiger partial charge in [-0.2, -0.15) is 0 Å². The lowest BCUT2D eigenvalue weighted by Crippen LogP contribution is -2.54. The molecule has 3 aromatic rings. The molecular weight excluding hydrogens is 403 g/mol. The van der Waals surface area contributed by atoms with Crippen molar-refractivity contribution in [1.29, 1.82) is 0 Å². The summed E-state index contributed by atoms with van der Waals surface area (Å²) in [6, 6.07) is 14.4. The van der Waals surface area contributed by atoms with Gasteiger partial charge in [0.15, 0.2) is 0 Å². The Kier molecular flexibility index (Phi) is 5.70. The van der Waals surface area contributed by atoms with Gasteiger partial charge >= 0.3 is 0 Å². The van der Waals surface area contributed by atoms with Gasteiger partial charge in [0, 0.05) is 30.1 Å². The molecule has 166 valence electrons. The Morgan fingerprint density at radius 2 is 2.16 bits per heavy atom. The van der Waals surface area contributed by atoms with Crippen molar-refractivity contribution in [2.45, 2.75) is 31.4 Å². The minimum Gasteiger partial charge on any atom is -0.497 e. The molecule has 1 N–H and O–H groups in total. The Morgan fingerprint density at radius 3 is 2.88 bits per heavy atom. The zero-order valence-corrected chi connectivity index (χ0v) is 18.4. The van der Waals surface area contributed by atoms with Crippen LogP contribution in [0.2, 0.25) is 0 Å². The number of aliphatic hydroxyl groups excluding tert-OH is 1. The molecule has 4 heterocycles. The summed E-state index contributed by atoms with van der Waals surface area (Å²) >= 11 is 0. The van der Waals surface area contributed by atoms with Gasteiger partial charge in [0.1, 0.15) is 11.6 Å². The molecule has 32 heavy (non-hydrogen) atoms. The predicted octanol–water partition coefficient (Wildman–Crippen LogP) is 4.90. The number of benzene rings is 2. The molecule has 0 spiro atoms. The number of nitrogens with zero attached hydrogens (tertiary/aromatic N) is 2. The second kappa shape index (κ2) is 8.64. The summed E-state index contributed by atoms with van der Waals surface area (Å²) in [5.41, 5.74) is 3.36. The van der Waals surface area contributed by atoms with Crippen LogP contribution in [0.4, 0.5) is 4.39 Å². The van der Waals surface area contributed by atoms with E-state index < -0.39 is 6.10 Å². The molecule has 0 radical (unpaired) electrons. The highest BCUT2D eigenvalue weighted by Crippen LogP contribution is 2.42. The fraction of sp³-hybridized carbons (Fsp3) is 0.370. The number of fused-ring (bicyclic) bond motifs is 4. The van der Waals surface area contributed by atoms with Crippen molar-refractivity contribution in [3.8, 4) is 5.75 Å². The molecule has 0 amide bonds. The molecule has 3 aliphatic rings. The van der Waals surface area contributed by atoms with Crippen LogP contribution in [-0.2, 0) is 6.42 Å². The fourth-order valence-electron chi connectivity index (χ4n) is 5.52. The molecule has 0 saturated carbocycles. The molecule has 0 aliphatic carbocycles. The molecule has 5 atom stereocenters. The topological polar surface area (TPSA) is 45.6 Å². The Bertz CT molecular complexity index is 1150. The van der Waals surface area contributed by atoms with Gasteiger partial charge < -0.3 is 9.84 Å². The van der Waals surface area contributed by atoms with Gasteiger partial charge in [0.25, 0.3) is 0 Å². The van der Waals surface area contributed by atoms with Crippen molar-refractivity contribution in [2.75, 3.05) is 20.2 Å². The van der Waals surface area contributed by atoms with Gasteiger partial charge in [-0.1, -0.05) is 18.2 Å². The third-order valence-electron chi connectivity index (χ3n) is 7.21. The van der Waals surface area contributed by atoms with Gasteiger partial charge in [-0.3, -0.25) is 9.88 Å². The largest absolute Gasteiger partial charge is 0.497 e. The first-order valence-electron chi connectivity index (χ1n) is 11.3. The van der Waals surface area contributed by atoms with Crippen LogP contribution < -0.4 is 4.74 Å². The van der Waals surface area contributed by atoms with E-state index >= 15 is 0 Å². The smallest absolute Gasteiger partial charge is 0.123 e. The number of hydrogen-bond donors (Lipinski definition) is 1. The van der Waals surface area contributed by atoms with E-state index in [4.69, 9.17) is 9.72 Å². The quantitative estimate of drug-likeness (QED) is 0.563. The Labute approximate surface area is 188 Å². The van der Waals surface area contributed by atoms with Crippen molar-refractivity contribution < 1.29 is 14.2 Å². The number of aromatic nitrogens is 1. The zero-order valence-electron chi connectivity index (χ0n) is 18.4. The fourth-order valence-corrected chi connectivity index (χ4v) is 5.52. The number of hydrogen-bond acceptors (Lipinski definition) is 4. The zero-order chi connectivity index (χ0) is 22.2. The molecule has 6 rings (SSSR count). The van der Waals surface area contributed by atoms with Crippen LogP contribution in [0.15, 0.2) is 61.2 Å². The maximum atomic E-state index is 13.7. The molecule has 3 fully saturated rings. The number of methoxy groups -OCH3 is 1. The lowest BCUT2D eigenvalue weighted by Gasteiger charge is -2.50. The molecule has 1 aromatic heterocycles. The predicted molar refractivity (Wildman–Crippen MR) is 124 cm³/mol. The summed E-state index contributed by atoms with van der Waals surface area (Å²) in [6.07, 6.45) is 4.08. The first kappa shape index (κ1) is 21.1. The van der Waals surface area contributed by atoms with E-state index in [9.17, 15) is 9.50 Å². The first-order valence-corrected chi connectivity index (χ1v) is 11.3. The van der Waals surface area contributed by atoms with Crippen molar-refractivity contribution >= 4 is 10.9 Å². The summed E-state index contributed by atoms with van der Waals surface area (Å²) in [4.78, 5) is 7.23. The van der Waals surface area contributed by atoms with Crippen LogP contribution in [-0.4, -0.2) is 41.2 Å². The number of halogens is 1. The van der Waals surface area contributed by atoms with Crippen molar-refractivity contribution in [2.24, 2.45) is 11.8 Å². The molecular formula is C27H29FN2O2. The summed E-state index contributed by atoms with van der Waals surface area (Å²) < 4.78 is 19.2. The van der Waals surface area contributed by atoms with Crippen LogP contribution in [0.3, 0.4) is 0 Å². The molecule has 2 aromatic carbocycles. The number of piperidine rings is 3. The molecule has 5 heteroatoms. The molecule has 2 bridgehead atoms. The summed E-state index contributed by atoms with van der Waals surface area (Å²) in [5, 5.41) is 12.5. The summed E-state index contributed by atoms with van der Waals surface area (Å²) in [5.74, 6) is 1.57. The van der Waals surface area contributed by atoms with Crippen LogP contribution in [0.1, 0.15) is 35.8 Å². The highest BCUT2D eigenvalue weighted by molar-refractivity contribution is 5.84. The van der Waals surface area contributed by atoms with Gasteiger partial charge in [0.05, 0.1) is 18.7 Å². The van der Waals surface area contributed by atoms with Crippen molar-refractivity contribution in [3.05, 3.63) is 83.8 Å². The van der Waals surface area contributed by atoms with Crippen molar-refractivity contribution in [3.63, 3.8) is 0 Å². The summed E-state index contributed by atoms with van der Waals surface area (Å²) in [6.45, 7) is 5.98. The van der Waals surface area contributed by atoms with E-state index in [-0.39, 0.29) is 11.9 Å². The van der Waals surface area contributed by atoms with Crippen LogP contribution in [0, 0.1) is 17.7 Å². The molecule has 4 nitrogen and oxygen atoms in total. The second-order valence-corrected chi connectivity index (χ2v) is 9.08. The summed E-state index contributed by atoms with van der Waals surface area (Å²) in [7, 11) is 1.64.